The molecule has 1 N–H and O–H groups in total. The van der Waals surface area contributed by atoms with Gasteiger partial charge in [-0.3, -0.25) is 14.6 Å². The van der Waals surface area contributed by atoms with E-state index >= 15 is 0 Å². The van der Waals surface area contributed by atoms with Crippen LogP contribution in [0.2, 0.25) is 5.02 Å². The topological polar surface area (TPSA) is 55.6 Å². The Morgan fingerprint density at radius 3 is 2.61 bits per heavy atom. The molecule has 0 aliphatic rings. The second-order valence-electron chi connectivity index (χ2n) is 4.27. The fourth-order valence-corrected chi connectivity index (χ4v) is 2.16. The molecule has 0 saturated heterocycles. The van der Waals surface area contributed by atoms with Crippen LogP contribution < -0.4 is 5.32 Å². The molecule has 0 bridgehead atoms. The van der Waals surface area contributed by atoms with Gasteiger partial charge >= 0.3 is 0 Å². The predicted octanol–water partition coefficient (Wildman–Crippen LogP) is 2.22. The smallest absolute Gasteiger partial charge is 0.0950 e. The highest BCUT2D eigenvalue weighted by Crippen LogP contribution is 2.28. The summed E-state index contributed by atoms with van der Waals surface area (Å²) in [6.45, 7) is 4.13. The second kappa shape index (κ2) is 5.46. The minimum absolute atomic E-state index is 0.115. The maximum absolute atomic E-state index is 6.24. The molecule has 0 amide bonds. The first kappa shape index (κ1) is 13.0. The van der Waals surface area contributed by atoms with E-state index in [4.69, 9.17) is 11.6 Å². The summed E-state index contributed by atoms with van der Waals surface area (Å²) in [5.41, 5.74) is 1.74. The molecular formula is C12H16ClN5. The number of rotatable bonds is 4. The van der Waals surface area contributed by atoms with Crippen LogP contribution in [0.15, 0.2) is 24.8 Å². The van der Waals surface area contributed by atoms with Crippen molar-refractivity contribution in [3.05, 3.63) is 41.2 Å². The lowest BCUT2D eigenvalue weighted by molar-refractivity contribution is 0.480. The van der Waals surface area contributed by atoms with Gasteiger partial charge in [0.05, 0.1) is 34.8 Å². The van der Waals surface area contributed by atoms with Gasteiger partial charge in [-0.15, -0.1) is 0 Å². The van der Waals surface area contributed by atoms with Gasteiger partial charge in [0, 0.05) is 18.4 Å². The second-order valence-corrected chi connectivity index (χ2v) is 4.68. The van der Waals surface area contributed by atoms with Crippen LogP contribution in [-0.2, 0) is 0 Å². The van der Waals surface area contributed by atoms with Gasteiger partial charge < -0.3 is 5.32 Å². The SMILES string of the molecule is CNC(c1cnccn1)c1c(Cl)cnn1C(C)C. The monoisotopic (exact) mass is 265 g/mol. The summed E-state index contributed by atoms with van der Waals surface area (Å²) in [7, 11) is 1.87. The average Bonchev–Trinajstić information content (AvgIpc) is 2.74. The quantitative estimate of drug-likeness (QED) is 0.921. The maximum Gasteiger partial charge on any atom is 0.0950 e. The number of nitrogens with one attached hydrogen (secondary N) is 1. The van der Waals surface area contributed by atoms with Crippen molar-refractivity contribution in [3.8, 4) is 0 Å². The summed E-state index contributed by atoms with van der Waals surface area (Å²) in [6.07, 6.45) is 6.72. The molecule has 0 saturated carbocycles. The Kier molecular flexibility index (Phi) is 3.93. The van der Waals surface area contributed by atoms with E-state index in [1.807, 2.05) is 11.7 Å². The van der Waals surface area contributed by atoms with Gasteiger partial charge in [0.15, 0.2) is 0 Å². The van der Waals surface area contributed by atoms with E-state index < -0.39 is 0 Å². The van der Waals surface area contributed by atoms with Gasteiger partial charge in [0.2, 0.25) is 0 Å². The third-order valence-corrected chi connectivity index (χ3v) is 3.01. The molecule has 96 valence electrons. The fraction of sp³-hybridized carbons (Fsp3) is 0.417. The van der Waals surface area contributed by atoms with Gasteiger partial charge in [-0.2, -0.15) is 5.10 Å². The summed E-state index contributed by atoms with van der Waals surface area (Å²) in [4.78, 5) is 8.42. The molecule has 0 fully saturated rings. The lowest BCUT2D eigenvalue weighted by atomic mass is 10.1. The van der Waals surface area contributed by atoms with Crippen molar-refractivity contribution in [1.29, 1.82) is 0 Å². The van der Waals surface area contributed by atoms with Crippen molar-refractivity contribution in [2.75, 3.05) is 7.05 Å². The predicted molar refractivity (Wildman–Crippen MR) is 70.6 cm³/mol. The molecule has 0 aliphatic heterocycles. The Balaban J connectivity index is 2.48. The molecular weight excluding hydrogens is 250 g/mol. The Labute approximate surface area is 111 Å². The maximum atomic E-state index is 6.24. The van der Waals surface area contributed by atoms with Gasteiger partial charge in [0.1, 0.15) is 0 Å². The summed E-state index contributed by atoms with van der Waals surface area (Å²) in [5.74, 6) is 0. The van der Waals surface area contributed by atoms with Crippen LogP contribution in [0, 0.1) is 0 Å². The minimum atomic E-state index is -0.115. The van der Waals surface area contributed by atoms with Crippen LogP contribution in [0.1, 0.15) is 37.3 Å². The largest absolute Gasteiger partial charge is 0.307 e. The van der Waals surface area contributed by atoms with Crippen molar-refractivity contribution in [2.24, 2.45) is 0 Å². The van der Waals surface area contributed by atoms with Crippen LogP contribution in [0.5, 0.6) is 0 Å². The summed E-state index contributed by atoms with van der Waals surface area (Å²) >= 11 is 6.24. The van der Waals surface area contributed by atoms with Crippen molar-refractivity contribution >= 4 is 11.6 Å². The van der Waals surface area contributed by atoms with Crippen molar-refractivity contribution in [2.45, 2.75) is 25.9 Å². The molecule has 18 heavy (non-hydrogen) atoms. The number of nitrogens with zero attached hydrogens (tertiary/aromatic N) is 4. The number of halogens is 1. The standard InChI is InChI=1S/C12H16ClN5/c1-8(2)18-12(9(13)6-17-18)11(14-3)10-7-15-4-5-16-10/h4-8,11,14H,1-3H3. The first-order valence-electron chi connectivity index (χ1n) is 5.81. The molecule has 2 heterocycles. The van der Waals surface area contributed by atoms with Crippen molar-refractivity contribution in [1.82, 2.24) is 25.1 Å². The summed E-state index contributed by atoms with van der Waals surface area (Å²) in [6, 6.07) is 0.121. The zero-order valence-corrected chi connectivity index (χ0v) is 11.4. The normalized spacial score (nSPS) is 12.9. The zero-order valence-electron chi connectivity index (χ0n) is 10.6. The summed E-state index contributed by atoms with van der Waals surface area (Å²) < 4.78 is 1.90. The molecule has 2 rings (SSSR count). The van der Waals surface area contributed by atoms with Crippen LogP contribution >= 0.6 is 11.6 Å². The highest BCUT2D eigenvalue weighted by molar-refractivity contribution is 6.31. The van der Waals surface area contributed by atoms with E-state index in [2.05, 4.69) is 34.2 Å². The molecule has 1 atom stereocenters. The highest BCUT2D eigenvalue weighted by atomic mass is 35.5. The van der Waals surface area contributed by atoms with E-state index in [9.17, 15) is 0 Å². The van der Waals surface area contributed by atoms with Gasteiger partial charge in [-0.25, -0.2) is 0 Å². The van der Waals surface area contributed by atoms with E-state index in [-0.39, 0.29) is 12.1 Å². The fourth-order valence-electron chi connectivity index (χ4n) is 1.92. The Morgan fingerprint density at radius 1 is 1.28 bits per heavy atom. The van der Waals surface area contributed by atoms with E-state index in [0.29, 0.717) is 5.02 Å². The Hall–Kier alpha value is -1.46. The zero-order chi connectivity index (χ0) is 13.1. The molecule has 0 radical (unpaired) electrons. The molecule has 1 unspecified atom stereocenters. The van der Waals surface area contributed by atoms with Crippen LogP contribution in [0.4, 0.5) is 0 Å². The first-order chi connectivity index (χ1) is 8.65. The third kappa shape index (κ3) is 2.37. The number of aromatic nitrogens is 4. The molecule has 0 aliphatic carbocycles. The Morgan fingerprint density at radius 2 is 2.06 bits per heavy atom. The molecule has 0 spiro atoms. The molecule has 2 aromatic rings. The lowest BCUT2D eigenvalue weighted by Gasteiger charge is -2.19. The molecule has 6 heteroatoms. The van der Waals surface area contributed by atoms with Crippen LogP contribution in [0.25, 0.3) is 0 Å². The first-order valence-corrected chi connectivity index (χ1v) is 6.19. The van der Waals surface area contributed by atoms with E-state index in [1.165, 1.54) is 0 Å². The average molecular weight is 266 g/mol. The van der Waals surface area contributed by atoms with E-state index in [1.54, 1.807) is 24.8 Å². The van der Waals surface area contributed by atoms with Gasteiger partial charge in [-0.1, -0.05) is 11.6 Å². The van der Waals surface area contributed by atoms with Crippen molar-refractivity contribution in [3.63, 3.8) is 0 Å². The third-order valence-electron chi connectivity index (χ3n) is 2.72. The summed E-state index contributed by atoms with van der Waals surface area (Å²) in [5, 5.41) is 8.15. The van der Waals surface area contributed by atoms with Crippen LogP contribution in [-0.4, -0.2) is 26.8 Å². The molecule has 5 nitrogen and oxygen atoms in total. The van der Waals surface area contributed by atoms with Crippen LogP contribution in [0.3, 0.4) is 0 Å². The Bertz CT molecular complexity index is 508. The lowest BCUT2D eigenvalue weighted by Crippen LogP contribution is -2.23. The highest BCUT2D eigenvalue weighted by Gasteiger charge is 2.23. The van der Waals surface area contributed by atoms with Gasteiger partial charge in [-0.05, 0) is 20.9 Å². The minimum Gasteiger partial charge on any atom is -0.307 e. The number of hydrogen-bond donors (Lipinski definition) is 1. The van der Waals surface area contributed by atoms with Crippen molar-refractivity contribution < 1.29 is 0 Å². The molecule has 2 aromatic heterocycles. The molecule has 0 aromatic carbocycles. The van der Waals surface area contributed by atoms with E-state index in [0.717, 1.165) is 11.4 Å². The number of hydrogen-bond acceptors (Lipinski definition) is 4. The van der Waals surface area contributed by atoms with Gasteiger partial charge in [0.25, 0.3) is 0 Å².